The van der Waals surface area contributed by atoms with E-state index in [0.717, 1.165) is 59.6 Å². The van der Waals surface area contributed by atoms with Gasteiger partial charge < -0.3 is 14.7 Å². The van der Waals surface area contributed by atoms with Crippen LogP contribution in [0.5, 0.6) is 11.6 Å². The second-order valence-corrected chi connectivity index (χ2v) is 7.89. The molecule has 1 aromatic carbocycles. The fraction of sp³-hybridized carbons (Fsp3) is 0.474. The topological polar surface area (TPSA) is 66.1 Å². The van der Waals surface area contributed by atoms with E-state index in [1.807, 2.05) is 19.1 Å². The van der Waals surface area contributed by atoms with Crippen molar-refractivity contribution in [3.05, 3.63) is 40.5 Å². The molecular weight excluding hydrogens is 362 g/mol. The molecule has 1 aliphatic heterocycles. The van der Waals surface area contributed by atoms with Crippen molar-refractivity contribution in [2.75, 3.05) is 40.3 Å². The van der Waals surface area contributed by atoms with Gasteiger partial charge >= 0.3 is 0 Å². The minimum atomic E-state index is -0.0487. The number of methoxy groups -OCH3 is 1. The SMILES string of the molecule is CCc1nc2sc([C@@H](c3cccc(OC)c3)N3CCN(C)CC3)c(O)n2n1. The Kier molecular flexibility index (Phi) is 5.03. The van der Waals surface area contributed by atoms with E-state index < -0.39 is 0 Å². The third-order valence-corrected chi connectivity index (χ3v) is 6.19. The van der Waals surface area contributed by atoms with Gasteiger partial charge in [0.15, 0.2) is 5.82 Å². The van der Waals surface area contributed by atoms with Crippen LogP contribution >= 0.6 is 11.3 Å². The van der Waals surface area contributed by atoms with E-state index in [9.17, 15) is 5.11 Å². The fourth-order valence-electron chi connectivity index (χ4n) is 3.54. The summed E-state index contributed by atoms with van der Waals surface area (Å²) in [4.78, 5) is 10.9. The summed E-state index contributed by atoms with van der Waals surface area (Å²) in [6, 6.07) is 8.04. The van der Waals surface area contributed by atoms with E-state index >= 15 is 0 Å². The first-order valence-electron chi connectivity index (χ1n) is 9.24. The van der Waals surface area contributed by atoms with Crippen LogP contribution in [-0.4, -0.2) is 69.8 Å². The highest BCUT2D eigenvalue weighted by molar-refractivity contribution is 7.17. The summed E-state index contributed by atoms with van der Waals surface area (Å²) < 4.78 is 7.01. The Labute approximate surface area is 162 Å². The number of rotatable bonds is 5. The molecule has 0 aliphatic carbocycles. The number of piperazine rings is 1. The highest BCUT2D eigenvalue weighted by Crippen LogP contribution is 2.40. The van der Waals surface area contributed by atoms with Crippen molar-refractivity contribution in [2.45, 2.75) is 19.4 Å². The summed E-state index contributed by atoms with van der Waals surface area (Å²) >= 11 is 1.51. The zero-order chi connectivity index (χ0) is 19.0. The summed E-state index contributed by atoms with van der Waals surface area (Å²) in [5.74, 6) is 1.76. The highest BCUT2D eigenvalue weighted by atomic mass is 32.1. The van der Waals surface area contributed by atoms with Gasteiger partial charge in [0.2, 0.25) is 10.8 Å². The van der Waals surface area contributed by atoms with Crippen molar-refractivity contribution in [1.29, 1.82) is 0 Å². The normalized spacial score (nSPS) is 17.4. The van der Waals surface area contributed by atoms with Crippen LogP contribution in [0.1, 0.15) is 29.2 Å². The van der Waals surface area contributed by atoms with Crippen LogP contribution in [0.3, 0.4) is 0 Å². The molecule has 0 spiro atoms. The highest BCUT2D eigenvalue weighted by Gasteiger charge is 2.31. The first kappa shape index (κ1) is 18.2. The molecule has 1 fully saturated rings. The molecule has 2 aromatic heterocycles. The monoisotopic (exact) mass is 387 g/mol. The van der Waals surface area contributed by atoms with Gasteiger partial charge in [0.05, 0.1) is 18.0 Å². The van der Waals surface area contributed by atoms with Crippen molar-refractivity contribution in [3.8, 4) is 11.6 Å². The van der Waals surface area contributed by atoms with Crippen molar-refractivity contribution in [2.24, 2.45) is 0 Å². The number of aromatic hydroxyl groups is 1. The van der Waals surface area contributed by atoms with Crippen LogP contribution in [-0.2, 0) is 6.42 Å². The van der Waals surface area contributed by atoms with E-state index in [0.29, 0.717) is 0 Å². The van der Waals surface area contributed by atoms with E-state index in [1.165, 1.54) is 11.3 Å². The average Bonchev–Trinajstić information content (AvgIpc) is 3.23. The lowest BCUT2D eigenvalue weighted by molar-refractivity contribution is 0.127. The van der Waals surface area contributed by atoms with Crippen molar-refractivity contribution >= 4 is 16.3 Å². The second kappa shape index (κ2) is 7.46. The number of hydrogen-bond donors (Lipinski definition) is 1. The largest absolute Gasteiger partial charge is 0.497 e. The minimum Gasteiger partial charge on any atom is -0.497 e. The van der Waals surface area contributed by atoms with Gasteiger partial charge in [0.25, 0.3) is 0 Å². The van der Waals surface area contributed by atoms with E-state index in [4.69, 9.17) is 4.74 Å². The van der Waals surface area contributed by atoms with Gasteiger partial charge in [-0.15, -0.1) is 5.10 Å². The number of hydrogen-bond acceptors (Lipinski definition) is 7. The smallest absolute Gasteiger partial charge is 0.230 e. The number of nitrogens with zero attached hydrogens (tertiary/aromatic N) is 5. The third kappa shape index (κ3) is 3.40. The lowest BCUT2D eigenvalue weighted by Gasteiger charge is -2.37. The summed E-state index contributed by atoms with van der Waals surface area (Å²) in [6.45, 7) is 5.89. The number of ether oxygens (including phenoxy) is 1. The fourth-order valence-corrected chi connectivity index (χ4v) is 4.67. The summed E-state index contributed by atoms with van der Waals surface area (Å²) in [5, 5.41) is 15.4. The Morgan fingerprint density at radius 3 is 2.70 bits per heavy atom. The van der Waals surface area contributed by atoms with Crippen LogP contribution in [0.2, 0.25) is 0 Å². The van der Waals surface area contributed by atoms with Crippen LogP contribution in [0.15, 0.2) is 24.3 Å². The molecule has 1 aliphatic rings. The number of aromatic nitrogens is 3. The van der Waals surface area contributed by atoms with Crippen molar-refractivity contribution in [1.82, 2.24) is 24.4 Å². The molecule has 0 bridgehead atoms. The Morgan fingerprint density at radius 2 is 2.04 bits per heavy atom. The summed E-state index contributed by atoms with van der Waals surface area (Å²) in [5.41, 5.74) is 1.11. The molecule has 0 unspecified atom stereocenters. The van der Waals surface area contributed by atoms with Gasteiger partial charge in [0, 0.05) is 32.6 Å². The molecule has 27 heavy (non-hydrogen) atoms. The minimum absolute atomic E-state index is 0.0487. The number of benzene rings is 1. The third-order valence-electron chi connectivity index (χ3n) is 5.12. The molecule has 3 heterocycles. The van der Waals surface area contributed by atoms with E-state index in [1.54, 1.807) is 11.6 Å². The number of thiazole rings is 1. The maximum absolute atomic E-state index is 10.9. The quantitative estimate of drug-likeness (QED) is 0.725. The predicted octanol–water partition coefficient (Wildman–Crippen LogP) is 2.40. The Hall–Kier alpha value is -2.16. The number of likely N-dealkylation sites (N-methyl/N-ethyl adjacent to an activating group) is 1. The molecule has 7 nitrogen and oxygen atoms in total. The molecule has 0 saturated carbocycles. The molecular formula is C19H25N5O2S. The standard InChI is InChI=1S/C19H25N5O2S/c1-4-15-20-19-24(21-15)18(25)17(27-19)16(23-10-8-22(2)9-11-23)13-6-5-7-14(12-13)26-3/h5-7,12,16,25H,4,8-11H2,1-3H3/t16-/m1/s1. The molecule has 0 radical (unpaired) electrons. The van der Waals surface area contributed by atoms with Crippen LogP contribution in [0.4, 0.5) is 0 Å². The zero-order valence-corrected chi connectivity index (χ0v) is 16.7. The van der Waals surface area contributed by atoms with Crippen LogP contribution in [0.25, 0.3) is 4.96 Å². The molecule has 1 atom stereocenters. The van der Waals surface area contributed by atoms with E-state index in [2.05, 4.69) is 39.1 Å². The van der Waals surface area contributed by atoms with E-state index in [-0.39, 0.29) is 11.9 Å². The lowest BCUT2D eigenvalue weighted by atomic mass is 10.0. The van der Waals surface area contributed by atoms with Gasteiger partial charge in [-0.1, -0.05) is 30.4 Å². The van der Waals surface area contributed by atoms with Gasteiger partial charge in [-0.05, 0) is 24.7 Å². The Bertz CT molecular complexity index is 929. The molecule has 3 aromatic rings. The molecule has 1 saturated heterocycles. The van der Waals surface area contributed by atoms with Crippen molar-refractivity contribution < 1.29 is 9.84 Å². The van der Waals surface area contributed by atoms with Gasteiger partial charge in [-0.3, -0.25) is 4.90 Å². The predicted molar refractivity (Wildman–Crippen MR) is 106 cm³/mol. The first-order valence-corrected chi connectivity index (χ1v) is 10.1. The summed E-state index contributed by atoms with van der Waals surface area (Å²) in [7, 11) is 3.82. The molecule has 1 N–H and O–H groups in total. The molecule has 0 amide bonds. The van der Waals surface area contributed by atoms with Crippen molar-refractivity contribution in [3.63, 3.8) is 0 Å². The number of fused-ring (bicyclic) bond motifs is 1. The average molecular weight is 388 g/mol. The van der Waals surface area contributed by atoms with Crippen LogP contribution < -0.4 is 4.74 Å². The molecule has 8 heteroatoms. The molecule has 4 rings (SSSR count). The summed E-state index contributed by atoms with van der Waals surface area (Å²) in [6.07, 6.45) is 0.751. The maximum atomic E-state index is 10.9. The lowest BCUT2D eigenvalue weighted by Crippen LogP contribution is -2.46. The Morgan fingerprint density at radius 1 is 1.26 bits per heavy atom. The van der Waals surface area contributed by atoms with Gasteiger partial charge in [-0.2, -0.15) is 4.52 Å². The molecule has 144 valence electrons. The Balaban J connectivity index is 1.79. The van der Waals surface area contributed by atoms with Crippen LogP contribution in [0, 0.1) is 0 Å². The first-order chi connectivity index (χ1) is 13.1. The maximum Gasteiger partial charge on any atom is 0.230 e. The van der Waals surface area contributed by atoms with Gasteiger partial charge in [-0.25, -0.2) is 4.98 Å². The zero-order valence-electron chi connectivity index (χ0n) is 15.9. The second-order valence-electron chi connectivity index (χ2n) is 6.88. The van der Waals surface area contributed by atoms with Gasteiger partial charge in [0.1, 0.15) is 5.75 Å². The number of aryl methyl sites for hydroxylation is 1.